The minimum Gasteiger partial charge on any atom is -0.396 e. The third-order valence-corrected chi connectivity index (χ3v) is 3.02. The summed E-state index contributed by atoms with van der Waals surface area (Å²) in [6.07, 6.45) is 5.29. The normalized spacial score (nSPS) is 21.1. The molecule has 0 aliphatic carbocycles. The van der Waals surface area contributed by atoms with Gasteiger partial charge in [-0.05, 0) is 18.8 Å². The summed E-state index contributed by atoms with van der Waals surface area (Å²) in [4.78, 5) is 13.9. The van der Waals surface area contributed by atoms with E-state index in [4.69, 9.17) is 5.11 Å². The molecule has 1 fully saturated rings. The third kappa shape index (κ3) is 2.24. The van der Waals surface area contributed by atoms with Crippen LogP contribution in [-0.4, -0.2) is 45.4 Å². The van der Waals surface area contributed by atoms with Crippen molar-refractivity contribution in [3.63, 3.8) is 0 Å². The molecule has 0 aromatic carbocycles. The van der Waals surface area contributed by atoms with Crippen molar-refractivity contribution in [2.75, 3.05) is 19.7 Å². The highest BCUT2D eigenvalue weighted by Gasteiger charge is 2.24. The molecule has 1 aliphatic rings. The van der Waals surface area contributed by atoms with Crippen LogP contribution in [0.2, 0.25) is 0 Å². The SMILES string of the molecule is Cn1cc(C(=O)N2CCCC(CO)C2)cn1. The number of carbonyl (C=O) groups excluding carboxylic acids is 1. The Morgan fingerprint density at radius 2 is 2.50 bits per heavy atom. The molecule has 1 unspecified atom stereocenters. The van der Waals surface area contributed by atoms with Gasteiger partial charge in [-0.25, -0.2) is 0 Å². The standard InChI is InChI=1S/C11H17N3O2/c1-13-7-10(5-12-13)11(16)14-4-2-3-9(6-14)8-15/h5,7,9,15H,2-4,6,8H2,1H3. The molecule has 16 heavy (non-hydrogen) atoms. The smallest absolute Gasteiger partial charge is 0.257 e. The van der Waals surface area contributed by atoms with Crippen LogP contribution in [0.3, 0.4) is 0 Å². The molecule has 1 aromatic heterocycles. The van der Waals surface area contributed by atoms with Gasteiger partial charge in [0.15, 0.2) is 0 Å². The number of aliphatic hydroxyl groups excluding tert-OH is 1. The van der Waals surface area contributed by atoms with Gasteiger partial charge in [0.05, 0.1) is 11.8 Å². The average Bonchev–Trinajstić information content (AvgIpc) is 2.75. The lowest BCUT2D eigenvalue weighted by Gasteiger charge is -2.31. The van der Waals surface area contributed by atoms with Crippen LogP contribution in [0.5, 0.6) is 0 Å². The van der Waals surface area contributed by atoms with E-state index >= 15 is 0 Å². The van der Waals surface area contributed by atoms with E-state index in [9.17, 15) is 4.79 Å². The second-order valence-corrected chi connectivity index (χ2v) is 4.34. The highest BCUT2D eigenvalue weighted by atomic mass is 16.3. The number of aryl methyl sites for hydroxylation is 1. The maximum atomic E-state index is 12.1. The van der Waals surface area contributed by atoms with Gasteiger partial charge in [-0.2, -0.15) is 5.10 Å². The van der Waals surface area contributed by atoms with E-state index in [0.29, 0.717) is 12.1 Å². The molecular formula is C11H17N3O2. The molecule has 1 aromatic rings. The number of likely N-dealkylation sites (tertiary alicyclic amines) is 1. The molecule has 2 heterocycles. The number of hydrogen-bond donors (Lipinski definition) is 1. The van der Waals surface area contributed by atoms with E-state index in [-0.39, 0.29) is 18.4 Å². The van der Waals surface area contributed by atoms with Crippen molar-refractivity contribution in [3.05, 3.63) is 18.0 Å². The number of carbonyl (C=O) groups is 1. The van der Waals surface area contributed by atoms with Gasteiger partial charge in [-0.1, -0.05) is 0 Å². The molecule has 0 spiro atoms. The number of amides is 1. The van der Waals surface area contributed by atoms with Crippen molar-refractivity contribution in [1.82, 2.24) is 14.7 Å². The fraction of sp³-hybridized carbons (Fsp3) is 0.636. The fourth-order valence-corrected chi connectivity index (χ4v) is 2.11. The van der Waals surface area contributed by atoms with Gasteiger partial charge >= 0.3 is 0 Å². The molecule has 5 heteroatoms. The van der Waals surface area contributed by atoms with Crippen molar-refractivity contribution in [1.29, 1.82) is 0 Å². The number of rotatable bonds is 2. The predicted octanol–water partition coefficient (Wildman–Crippen LogP) is 0.265. The quantitative estimate of drug-likeness (QED) is 0.782. The summed E-state index contributed by atoms with van der Waals surface area (Å²) in [5.41, 5.74) is 0.626. The van der Waals surface area contributed by atoms with Gasteiger partial charge in [0.1, 0.15) is 0 Å². The van der Waals surface area contributed by atoms with Crippen molar-refractivity contribution in [2.24, 2.45) is 13.0 Å². The predicted molar refractivity (Wildman–Crippen MR) is 58.9 cm³/mol. The van der Waals surface area contributed by atoms with E-state index in [2.05, 4.69) is 5.10 Å². The Labute approximate surface area is 94.7 Å². The van der Waals surface area contributed by atoms with Crippen LogP contribution in [-0.2, 0) is 7.05 Å². The molecule has 1 amide bonds. The second kappa shape index (κ2) is 4.65. The second-order valence-electron chi connectivity index (χ2n) is 4.34. The lowest BCUT2D eigenvalue weighted by atomic mass is 9.98. The van der Waals surface area contributed by atoms with Crippen LogP contribution in [0, 0.1) is 5.92 Å². The van der Waals surface area contributed by atoms with Crippen LogP contribution in [0.15, 0.2) is 12.4 Å². The number of aliphatic hydroxyl groups is 1. The van der Waals surface area contributed by atoms with Crippen LogP contribution in [0.1, 0.15) is 23.2 Å². The Bertz CT molecular complexity index is 375. The summed E-state index contributed by atoms with van der Waals surface area (Å²) >= 11 is 0. The topological polar surface area (TPSA) is 58.4 Å². The Morgan fingerprint density at radius 1 is 1.69 bits per heavy atom. The van der Waals surface area contributed by atoms with E-state index in [0.717, 1.165) is 19.4 Å². The lowest BCUT2D eigenvalue weighted by molar-refractivity contribution is 0.0620. The minimum atomic E-state index is 0.0197. The summed E-state index contributed by atoms with van der Waals surface area (Å²) in [5.74, 6) is 0.251. The van der Waals surface area contributed by atoms with E-state index in [1.54, 1.807) is 29.0 Å². The minimum absolute atomic E-state index is 0.0197. The Balaban J connectivity index is 2.04. The van der Waals surface area contributed by atoms with Crippen LogP contribution >= 0.6 is 0 Å². The first kappa shape index (κ1) is 11.1. The molecule has 88 valence electrons. The van der Waals surface area contributed by atoms with Gasteiger partial charge in [0.2, 0.25) is 0 Å². The molecule has 2 rings (SSSR count). The number of nitrogens with zero attached hydrogens (tertiary/aromatic N) is 3. The lowest BCUT2D eigenvalue weighted by Crippen LogP contribution is -2.40. The Hall–Kier alpha value is -1.36. The molecular weight excluding hydrogens is 206 g/mol. The summed E-state index contributed by atoms with van der Waals surface area (Å²) in [5, 5.41) is 13.1. The van der Waals surface area contributed by atoms with Gasteiger partial charge < -0.3 is 10.0 Å². The number of aromatic nitrogens is 2. The van der Waals surface area contributed by atoms with Crippen molar-refractivity contribution >= 4 is 5.91 Å². The molecule has 1 atom stereocenters. The van der Waals surface area contributed by atoms with Gasteiger partial charge in [0, 0.05) is 32.9 Å². The third-order valence-electron chi connectivity index (χ3n) is 3.02. The fourth-order valence-electron chi connectivity index (χ4n) is 2.11. The van der Waals surface area contributed by atoms with Crippen molar-refractivity contribution in [3.8, 4) is 0 Å². The van der Waals surface area contributed by atoms with Crippen LogP contribution in [0.25, 0.3) is 0 Å². The molecule has 0 radical (unpaired) electrons. The maximum absolute atomic E-state index is 12.1. The Kier molecular flexibility index (Phi) is 3.24. The Morgan fingerprint density at radius 3 is 3.12 bits per heavy atom. The zero-order valence-electron chi connectivity index (χ0n) is 9.46. The molecule has 1 saturated heterocycles. The van der Waals surface area contributed by atoms with Gasteiger partial charge in [0.25, 0.3) is 5.91 Å². The van der Waals surface area contributed by atoms with Crippen LogP contribution < -0.4 is 0 Å². The maximum Gasteiger partial charge on any atom is 0.257 e. The van der Waals surface area contributed by atoms with E-state index in [1.165, 1.54) is 0 Å². The van der Waals surface area contributed by atoms with Crippen molar-refractivity contribution < 1.29 is 9.90 Å². The zero-order valence-corrected chi connectivity index (χ0v) is 9.46. The van der Waals surface area contributed by atoms with E-state index in [1.807, 2.05) is 0 Å². The highest BCUT2D eigenvalue weighted by molar-refractivity contribution is 5.93. The van der Waals surface area contributed by atoms with Gasteiger partial charge in [-0.15, -0.1) is 0 Å². The number of piperidine rings is 1. The van der Waals surface area contributed by atoms with Gasteiger partial charge in [-0.3, -0.25) is 9.48 Å². The number of hydrogen-bond acceptors (Lipinski definition) is 3. The first-order valence-electron chi connectivity index (χ1n) is 5.59. The van der Waals surface area contributed by atoms with E-state index < -0.39 is 0 Å². The summed E-state index contributed by atoms with van der Waals surface area (Å²) < 4.78 is 1.63. The largest absolute Gasteiger partial charge is 0.396 e. The molecule has 1 aliphatic heterocycles. The zero-order chi connectivity index (χ0) is 11.5. The van der Waals surface area contributed by atoms with Crippen molar-refractivity contribution in [2.45, 2.75) is 12.8 Å². The first-order valence-corrected chi connectivity index (χ1v) is 5.59. The molecule has 0 bridgehead atoms. The highest BCUT2D eigenvalue weighted by Crippen LogP contribution is 2.17. The molecule has 1 N–H and O–H groups in total. The summed E-state index contributed by atoms with van der Waals surface area (Å²) in [6.45, 7) is 1.60. The summed E-state index contributed by atoms with van der Waals surface area (Å²) in [6, 6.07) is 0. The average molecular weight is 223 g/mol. The summed E-state index contributed by atoms with van der Waals surface area (Å²) in [7, 11) is 1.80. The van der Waals surface area contributed by atoms with Crippen LogP contribution in [0.4, 0.5) is 0 Å². The first-order chi connectivity index (χ1) is 7.70. The molecule has 0 saturated carbocycles. The molecule has 5 nitrogen and oxygen atoms in total. The monoisotopic (exact) mass is 223 g/mol.